The number of amides is 1. The van der Waals surface area contributed by atoms with Crippen LogP contribution < -0.4 is 11.1 Å². The average Bonchev–Trinajstić information content (AvgIpc) is 2.35. The Bertz CT molecular complexity index is 294. The Morgan fingerprint density at radius 2 is 1.79 bits per heavy atom. The lowest BCUT2D eigenvalue weighted by atomic mass is 9.95. The second-order valence-corrected chi connectivity index (χ2v) is 5.46. The molecule has 0 aromatic heterocycles. The summed E-state index contributed by atoms with van der Waals surface area (Å²) < 4.78 is 0. The number of carbonyl (C=O) groups is 2. The third kappa shape index (κ3) is 7.15. The molecule has 0 spiro atoms. The molecule has 1 amide bonds. The summed E-state index contributed by atoms with van der Waals surface area (Å²) >= 11 is 0. The summed E-state index contributed by atoms with van der Waals surface area (Å²) in [5.41, 5.74) is 5.85. The number of nitrogens with one attached hydrogen (secondary N) is 1. The Balaban J connectivity index is 4.53. The van der Waals surface area contributed by atoms with E-state index in [1.807, 2.05) is 13.8 Å². The van der Waals surface area contributed by atoms with E-state index in [4.69, 9.17) is 10.8 Å². The first-order valence-electron chi connectivity index (χ1n) is 7.09. The summed E-state index contributed by atoms with van der Waals surface area (Å²) in [6, 6.07) is -0.909. The second-order valence-electron chi connectivity index (χ2n) is 5.46. The van der Waals surface area contributed by atoms with E-state index in [-0.39, 0.29) is 24.3 Å². The van der Waals surface area contributed by atoms with Crippen LogP contribution in [0.2, 0.25) is 0 Å². The van der Waals surface area contributed by atoms with E-state index in [0.29, 0.717) is 12.3 Å². The molecule has 0 fully saturated rings. The van der Waals surface area contributed by atoms with Crippen LogP contribution in [0.25, 0.3) is 0 Å². The van der Waals surface area contributed by atoms with Crippen molar-refractivity contribution < 1.29 is 14.7 Å². The molecule has 0 aromatic rings. The summed E-state index contributed by atoms with van der Waals surface area (Å²) in [6.07, 6.45) is 2.40. The smallest absolute Gasteiger partial charge is 0.305 e. The van der Waals surface area contributed by atoms with E-state index in [1.54, 1.807) is 0 Å². The zero-order valence-electron chi connectivity index (χ0n) is 12.5. The van der Waals surface area contributed by atoms with Gasteiger partial charge in [-0.2, -0.15) is 0 Å². The van der Waals surface area contributed by atoms with Crippen LogP contribution in [0.15, 0.2) is 0 Å². The molecule has 5 nitrogen and oxygen atoms in total. The molecule has 0 saturated carbocycles. The van der Waals surface area contributed by atoms with E-state index in [2.05, 4.69) is 19.2 Å². The van der Waals surface area contributed by atoms with Crippen molar-refractivity contribution in [2.45, 2.75) is 65.5 Å². The highest BCUT2D eigenvalue weighted by Gasteiger charge is 2.24. The van der Waals surface area contributed by atoms with Gasteiger partial charge in [-0.25, -0.2) is 0 Å². The lowest BCUT2D eigenvalue weighted by molar-refractivity contribution is -0.137. The van der Waals surface area contributed by atoms with E-state index < -0.39 is 12.0 Å². The van der Waals surface area contributed by atoms with Gasteiger partial charge in [-0.1, -0.05) is 40.5 Å². The maximum atomic E-state index is 12.0. The first-order valence-corrected chi connectivity index (χ1v) is 7.09. The maximum Gasteiger partial charge on any atom is 0.305 e. The predicted octanol–water partition coefficient (Wildman–Crippen LogP) is 1.76. The summed E-state index contributed by atoms with van der Waals surface area (Å²) in [5, 5.41) is 11.7. The number of carboxylic acids is 1. The molecule has 0 aliphatic heterocycles. The zero-order valence-corrected chi connectivity index (χ0v) is 12.5. The summed E-state index contributed by atoms with van der Waals surface area (Å²) in [5.74, 6) is -0.673. The summed E-state index contributed by atoms with van der Waals surface area (Å²) in [6.45, 7) is 8.00. The van der Waals surface area contributed by atoms with Crippen LogP contribution >= 0.6 is 0 Å². The van der Waals surface area contributed by atoms with Crippen LogP contribution in [0.3, 0.4) is 0 Å². The van der Waals surface area contributed by atoms with Crippen LogP contribution in [0, 0.1) is 11.8 Å². The number of rotatable bonds is 9. The van der Waals surface area contributed by atoms with Crippen molar-refractivity contribution in [1.82, 2.24) is 5.32 Å². The second kappa shape index (κ2) is 8.91. The third-order valence-electron chi connectivity index (χ3n) is 3.71. The SMILES string of the molecule is CCC(C)C[C@@H](CC(=O)O)NC(=O)[C@@H](N)C(C)CC. The monoisotopic (exact) mass is 272 g/mol. The molecule has 4 atom stereocenters. The van der Waals surface area contributed by atoms with Gasteiger partial charge in [-0.05, 0) is 18.3 Å². The van der Waals surface area contributed by atoms with Crippen LogP contribution in [-0.4, -0.2) is 29.1 Å². The Morgan fingerprint density at radius 1 is 1.21 bits per heavy atom. The van der Waals surface area contributed by atoms with Crippen molar-refractivity contribution in [2.75, 3.05) is 0 Å². The van der Waals surface area contributed by atoms with Crippen molar-refractivity contribution >= 4 is 11.9 Å². The standard InChI is InChI=1S/C14H28N2O3/c1-5-9(3)7-11(8-12(17)18)16-14(19)13(15)10(4)6-2/h9-11,13H,5-8,15H2,1-4H3,(H,16,19)(H,17,18)/t9?,10?,11-,13-/m0/s1. The summed E-state index contributed by atoms with van der Waals surface area (Å²) in [7, 11) is 0. The predicted molar refractivity (Wildman–Crippen MR) is 75.7 cm³/mol. The van der Waals surface area contributed by atoms with Crippen LogP contribution in [-0.2, 0) is 9.59 Å². The van der Waals surface area contributed by atoms with Gasteiger partial charge < -0.3 is 16.2 Å². The number of hydrogen-bond donors (Lipinski definition) is 3. The molecular weight excluding hydrogens is 244 g/mol. The van der Waals surface area contributed by atoms with Gasteiger partial charge in [0.05, 0.1) is 12.5 Å². The normalized spacial score (nSPS) is 17.3. The fourth-order valence-corrected chi connectivity index (χ4v) is 1.87. The molecule has 112 valence electrons. The van der Waals surface area contributed by atoms with Crippen LogP contribution in [0.4, 0.5) is 0 Å². The molecule has 0 rings (SSSR count). The molecule has 0 radical (unpaired) electrons. The molecule has 0 saturated heterocycles. The van der Waals surface area contributed by atoms with E-state index >= 15 is 0 Å². The first kappa shape index (κ1) is 17.9. The number of aliphatic carboxylic acids is 1. The fraction of sp³-hybridized carbons (Fsp3) is 0.857. The van der Waals surface area contributed by atoms with Crippen molar-refractivity contribution in [3.8, 4) is 0 Å². The lowest BCUT2D eigenvalue weighted by Gasteiger charge is -2.24. The van der Waals surface area contributed by atoms with Gasteiger partial charge in [-0.3, -0.25) is 9.59 Å². The number of hydrogen-bond acceptors (Lipinski definition) is 3. The molecule has 5 heteroatoms. The molecule has 0 bridgehead atoms. The van der Waals surface area contributed by atoms with Gasteiger partial charge in [0.25, 0.3) is 0 Å². The van der Waals surface area contributed by atoms with Gasteiger partial charge in [-0.15, -0.1) is 0 Å². The maximum absolute atomic E-state index is 12.0. The molecule has 0 aliphatic rings. The van der Waals surface area contributed by atoms with E-state index in [9.17, 15) is 9.59 Å². The minimum atomic E-state index is -0.897. The molecule has 0 heterocycles. The van der Waals surface area contributed by atoms with Crippen molar-refractivity contribution in [3.63, 3.8) is 0 Å². The largest absolute Gasteiger partial charge is 0.481 e. The van der Waals surface area contributed by atoms with Crippen molar-refractivity contribution in [1.29, 1.82) is 0 Å². The Morgan fingerprint density at radius 3 is 2.21 bits per heavy atom. The zero-order chi connectivity index (χ0) is 15.0. The van der Waals surface area contributed by atoms with E-state index in [0.717, 1.165) is 12.8 Å². The Labute approximate surface area is 115 Å². The molecule has 4 N–H and O–H groups in total. The highest BCUT2D eigenvalue weighted by atomic mass is 16.4. The number of nitrogens with two attached hydrogens (primary N) is 1. The van der Waals surface area contributed by atoms with Gasteiger partial charge >= 0.3 is 5.97 Å². The van der Waals surface area contributed by atoms with Crippen molar-refractivity contribution in [3.05, 3.63) is 0 Å². The fourth-order valence-electron chi connectivity index (χ4n) is 1.87. The van der Waals surface area contributed by atoms with Gasteiger partial charge in [0.1, 0.15) is 0 Å². The molecule has 0 aliphatic carbocycles. The molecule has 0 aromatic carbocycles. The molecular formula is C14H28N2O3. The minimum Gasteiger partial charge on any atom is -0.481 e. The quantitative estimate of drug-likeness (QED) is 0.596. The summed E-state index contributed by atoms with van der Waals surface area (Å²) in [4.78, 5) is 22.8. The highest BCUT2D eigenvalue weighted by molar-refractivity contribution is 5.82. The van der Waals surface area contributed by atoms with E-state index in [1.165, 1.54) is 0 Å². The lowest BCUT2D eigenvalue weighted by Crippen LogP contribution is -2.49. The van der Waals surface area contributed by atoms with Crippen molar-refractivity contribution in [2.24, 2.45) is 17.6 Å². The van der Waals surface area contributed by atoms with Crippen LogP contribution in [0.1, 0.15) is 53.4 Å². The van der Waals surface area contributed by atoms with Gasteiger partial charge in [0.2, 0.25) is 5.91 Å². The highest BCUT2D eigenvalue weighted by Crippen LogP contribution is 2.13. The minimum absolute atomic E-state index is 0.0523. The first-order chi connectivity index (χ1) is 8.81. The molecule has 19 heavy (non-hydrogen) atoms. The topological polar surface area (TPSA) is 92.4 Å². The van der Waals surface area contributed by atoms with Gasteiger partial charge in [0, 0.05) is 6.04 Å². The van der Waals surface area contributed by atoms with Crippen LogP contribution in [0.5, 0.6) is 0 Å². The molecule has 2 unspecified atom stereocenters. The number of carboxylic acid groups (broad SMARTS) is 1. The number of carbonyl (C=O) groups excluding carboxylic acids is 1. The Kier molecular flexibility index (Phi) is 8.39. The Hall–Kier alpha value is -1.10. The third-order valence-corrected chi connectivity index (χ3v) is 3.71. The van der Waals surface area contributed by atoms with Gasteiger partial charge in [0.15, 0.2) is 0 Å². The average molecular weight is 272 g/mol.